The van der Waals surface area contributed by atoms with Gasteiger partial charge in [0.1, 0.15) is 6.23 Å². The Morgan fingerprint density at radius 3 is 1.24 bits per heavy atom. The molecule has 0 aliphatic rings. The maximum atomic E-state index is 6.10. The number of rotatable bonds is 24. The number of hydrogen-bond donors (Lipinski definition) is 0. The molecule has 0 aliphatic carbocycles. The van der Waals surface area contributed by atoms with Gasteiger partial charge in [0, 0.05) is 19.7 Å². The van der Waals surface area contributed by atoms with E-state index in [0.29, 0.717) is 17.2 Å². The third kappa shape index (κ3) is 16.8. The van der Waals surface area contributed by atoms with Gasteiger partial charge < -0.3 is 23.7 Å². The molecule has 0 saturated carbocycles. The quantitative estimate of drug-likeness (QED) is 0.109. The first-order valence-corrected chi connectivity index (χ1v) is 15.6. The minimum atomic E-state index is -0.479. The third-order valence-corrected chi connectivity index (χ3v) is 7.90. The molecule has 0 N–H and O–H groups in total. The Morgan fingerprint density at radius 2 is 0.939 bits per heavy atom. The van der Waals surface area contributed by atoms with Gasteiger partial charge in [0.15, 0.2) is 11.1 Å². The average Bonchev–Trinajstić information content (AvgIpc) is 2.81. The molecule has 3 atom stereocenters. The maximum absolute atomic E-state index is 6.10. The SMILES string of the molecule is CCCOC(C)N(CCPC(C)(OCCC)OCCC)CCPC(C)(OCCC)OCCC. The van der Waals surface area contributed by atoms with Crippen LogP contribution in [0.3, 0.4) is 0 Å². The zero-order chi connectivity index (χ0) is 25.0. The zero-order valence-corrected chi connectivity index (χ0v) is 25.0. The predicted octanol–water partition coefficient (Wildman–Crippen LogP) is 6.47. The highest BCUT2D eigenvalue weighted by atomic mass is 31.1. The van der Waals surface area contributed by atoms with E-state index in [-0.39, 0.29) is 6.23 Å². The van der Waals surface area contributed by atoms with E-state index in [4.69, 9.17) is 23.7 Å². The van der Waals surface area contributed by atoms with Gasteiger partial charge in [0.2, 0.25) is 0 Å². The fourth-order valence-electron chi connectivity index (χ4n) is 3.20. The first-order valence-electron chi connectivity index (χ1n) is 13.2. The molecule has 0 amide bonds. The van der Waals surface area contributed by atoms with Gasteiger partial charge in [-0.1, -0.05) is 51.8 Å². The monoisotopic (exact) mass is 511 g/mol. The van der Waals surface area contributed by atoms with Crippen molar-refractivity contribution in [2.24, 2.45) is 0 Å². The van der Waals surface area contributed by atoms with Gasteiger partial charge in [-0.3, -0.25) is 4.90 Å². The molecular weight excluding hydrogens is 456 g/mol. The van der Waals surface area contributed by atoms with Crippen LogP contribution in [0.15, 0.2) is 0 Å². The molecule has 0 rings (SSSR count). The number of ether oxygens (including phenoxy) is 5. The molecule has 0 aromatic rings. The Balaban J connectivity index is 4.92. The van der Waals surface area contributed by atoms with Crippen molar-refractivity contribution in [1.29, 1.82) is 0 Å². The Hall–Kier alpha value is 0.620. The summed E-state index contributed by atoms with van der Waals surface area (Å²) in [7, 11) is 1.18. The Morgan fingerprint density at radius 1 is 0.606 bits per heavy atom. The van der Waals surface area contributed by atoms with E-state index in [1.165, 1.54) is 0 Å². The molecule has 0 radical (unpaired) electrons. The minimum absolute atomic E-state index is 0.0957. The van der Waals surface area contributed by atoms with E-state index in [1.807, 2.05) is 0 Å². The van der Waals surface area contributed by atoms with Crippen LogP contribution in [0.5, 0.6) is 0 Å². The average molecular weight is 512 g/mol. The summed E-state index contributed by atoms with van der Waals surface area (Å²) in [6.45, 7) is 22.8. The van der Waals surface area contributed by atoms with Crippen molar-refractivity contribution in [2.45, 2.75) is 105 Å². The first-order chi connectivity index (χ1) is 15.8. The smallest absolute Gasteiger partial charge is 0.180 e. The molecule has 0 spiro atoms. The summed E-state index contributed by atoms with van der Waals surface area (Å²) in [4.78, 5) is 2.45. The lowest BCUT2D eigenvalue weighted by molar-refractivity contribution is -0.162. The van der Waals surface area contributed by atoms with Crippen molar-refractivity contribution in [3.05, 3.63) is 0 Å². The van der Waals surface area contributed by atoms with Crippen LogP contribution in [0.4, 0.5) is 0 Å². The zero-order valence-electron chi connectivity index (χ0n) is 23.0. The van der Waals surface area contributed by atoms with Crippen LogP contribution in [0.2, 0.25) is 0 Å². The summed E-state index contributed by atoms with van der Waals surface area (Å²) in [5.41, 5.74) is -0.957. The summed E-state index contributed by atoms with van der Waals surface area (Å²) in [5, 5.41) is 0. The molecule has 0 aliphatic heterocycles. The number of nitrogens with zero attached hydrogens (tertiary/aromatic N) is 1. The van der Waals surface area contributed by atoms with Gasteiger partial charge in [0.25, 0.3) is 0 Å². The highest BCUT2D eigenvalue weighted by Gasteiger charge is 2.28. The molecule has 6 nitrogen and oxygen atoms in total. The fourth-order valence-corrected chi connectivity index (χ4v) is 5.72. The third-order valence-electron chi connectivity index (χ3n) is 5.09. The molecule has 200 valence electrons. The first kappa shape index (κ1) is 33.6. The summed E-state index contributed by atoms with van der Waals surface area (Å²) < 4.78 is 30.5. The Labute approximate surface area is 209 Å². The summed E-state index contributed by atoms with van der Waals surface area (Å²) >= 11 is 0. The van der Waals surface area contributed by atoms with E-state index in [1.54, 1.807) is 0 Å². The molecule has 0 bridgehead atoms. The van der Waals surface area contributed by atoms with Crippen LogP contribution in [0.25, 0.3) is 0 Å². The highest BCUT2D eigenvalue weighted by molar-refractivity contribution is 7.39. The molecule has 0 heterocycles. The predicted molar refractivity (Wildman–Crippen MR) is 145 cm³/mol. The fraction of sp³-hybridized carbons (Fsp3) is 1.00. The van der Waals surface area contributed by atoms with Crippen LogP contribution in [-0.4, -0.2) is 80.6 Å². The van der Waals surface area contributed by atoms with Crippen LogP contribution in [-0.2, 0) is 23.7 Å². The molecule has 8 heteroatoms. The van der Waals surface area contributed by atoms with Gasteiger partial charge in [-0.2, -0.15) is 0 Å². The lowest BCUT2D eigenvalue weighted by atomic mass is 10.4. The second-order valence-electron chi connectivity index (χ2n) is 8.64. The largest absolute Gasteiger partial charge is 0.363 e. The van der Waals surface area contributed by atoms with Crippen molar-refractivity contribution in [1.82, 2.24) is 4.90 Å². The van der Waals surface area contributed by atoms with Gasteiger partial charge in [-0.25, -0.2) is 0 Å². The second kappa shape index (κ2) is 20.8. The molecular formula is C25H55NO5P2. The van der Waals surface area contributed by atoms with Crippen molar-refractivity contribution >= 4 is 17.2 Å². The van der Waals surface area contributed by atoms with E-state index in [9.17, 15) is 0 Å². The summed E-state index contributed by atoms with van der Waals surface area (Å²) in [6, 6.07) is 0. The van der Waals surface area contributed by atoms with Crippen molar-refractivity contribution in [3.63, 3.8) is 0 Å². The molecule has 33 heavy (non-hydrogen) atoms. The van der Waals surface area contributed by atoms with Crippen LogP contribution in [0, 0.1) is 0 Å². The summed E-state index contributed by atoms with van der Waals surface area (Å²) in [6.07, 6.45) is 7.20. The molecule has 0 saturated heterocycles. The van der Waals surface area contributed by atoms with Crippen LogP contribution < -0.4 is 0 Å². The van der Waals surface area contributed by atoms with Gasteiger partial charge in [-0.15, -0.1) is 0 Å². The van der Waals surface area contributed by atoms with E-state index in [0.717, 1.165) is 90.6 Å². The topological polar surface area (TPSA) is 49.4 Å². The van der Waals surface area contributed by atoms with Gasteiger partial charge >= 0.3 is 0 Å². The Bertz CT molecular complexity index is 397. The molecule has 0 fully saturated rings. The Kier molecular flexibility index (Phi) is 21.2. The summed E-state index contributed by atoms with van der Waals surface area (Å²) in [5.74, 6) is 0. The lowest BCUT2D eigenvalue weighted by Gasteiger charge is -2.34. The van der Waals surface area contributed by atoms with Crippen LogP contribution in [0.1, 0.15) is 87.5 Å². The molecule has 0 aromatic heterocycles. The van der Waals surface area contributed by atoms with Crippen LogP contribution >= 0.6 is 17.2 Å². The van der Waals surface area contributed by atoms with Crippen molar-refractivity contribution in [2.75, 3.05) is 58.4 Å². The minimum Gasteiger partial charge on any atom is -0.363 e. The molecule has 0 aromatic carbocycles. The number of hydrogen-bond acceptors (Lipinski definition) is 6. The maximum Gasteiger partial charge on any atom is 0.180 e. The normalized spacial score (nSPS) is 14.5. The second-order valence-corrected chi connectivity index (χ2v) is 12.2. The van der Waals surface area contributed by atoms with Crippen molar-refractivity contribution < 1.29 is 23.7 Å². The van der Waals surface area contributed by atoms with Crippen molar-refractivity contribution in [3.8, 4) is 0 Å². The van der Waals surface area contributed by atoms with E-state index in [2.05, 4.69) is 60.3 Å². The van der Waals surface area contributed by atoms with E-state index < -0.39 is 11.1 Å². The standard InChI is InChI=1S/C25H55NO5P2/c1-9-16-27-23(6)26(14-21-32-24(7,28-17-10-2)29-18-11-3)15-22-33-25(8,30-19-12-4)31-20-13-5/h23,32-33H,9-22H2,1-8H3. The lowest BCUT2D eigenvalue weighted by Crippen LogP contribution is -2.40. The van der Waals surface area contributed by atoms with Gasteiger partial charge in [-0.05, 0) is 65.2 Å². The molecule has 3 unspecified atom stereocenters. The van der Waals surface area contributed by atoms with E-state index >= 15 is 0 Å². The van der Waals surface area contributed by atoms with Gasteiger partial charge in [0.05, 0.1) is 26.4 Å². The highest BCUT2D eigenvalue weighted by Crippen LogP contribution is 2.36.